The van der Waals surface area contributed by atoms with Crippen molar-refractivity contribution < 1.29 is 9.18 Å². The predicted octanol–water partition coefficient (Wildman–Crippen LogP) is 4.17. The lowest BCUT2D eigenvalue weighted by molar-refractivity contribution is 0.103. The normalized spacial score (nSPS) is 11.1. The van der Waals surface area contributed by atoms with Crippen LogP contribution in [0.25, 0.3) is 11.0 Å². The molecule has 0 fully saturated rings. The molecule has 0 radical (unpaired) electrons. The van der Waals surface area contributed by atoms with Gasteiger partial charge in [0.1, 0.15) is 11.5 Å². The number of carbonyl (C=O) groups excluding carboxylic acids is 1. The Labute approximate surface area is 170 Å². The molecule has 0 aliphatic heterocycles. The molecule has 2 aromatic carbocycles. The van der Waals surface area contributed by atoms with Crippen molar-refractivity contribution >= 4 is 28.6 Å². The van der Waals surface area contributed by atoms with Gasteiger partial charge in [-0.05, 0) is 48.6 Å². The molecule has 0 saturated carbocycles. The fraction of sp³-hybridized carbons (Fsp3) is 0.136. The van der Waals surface area contributed by atoms with Crippen molar-refractivity contribution in [2.45, 2.75) is 18.6 Å². The average Bonchev–Trinajstić information content (AvgIpc) is 3.04. The summed E-state index contributed by atoms with van der Waals surface area (Å²) in [6.45, 7) is 2.42. The molecule has 4 rings (SSSR count). The van der Waals surface area contributed by atoms with Gasteiger partial charge in [0.15, 0.2) is 10.9 Å². The van der Waals surface area contributed by atoms with E-state index in [9.17, 15) is 14.0 Å². The van der Waals surface area contributed by atoms with Crippen LogP contribution in [0.4, 0.5) is 4.39 Å². The van der Waals surface area contributed by atoms with Gasteiger partial charge in [0, 0.05) is 23.9 Å². The maximum absolute atomic E-state index is 13.1. The minimum absolute atomic E-state index is 0.143. The summed E-state index contributed by atoms with van der Waals surface area (Å²) < 4.78 is 15.0. The number of hydrogen-bond donors (Lipinski definition) is 1. The third-order valence-corrected chi connectivity index (χ3v) is 5.34. The number of rotatable bonds is 5. The largest absolute Gasteiger partial charge is 0.328 e. The van der Waals surface area contributed by atoms with Crippen LogP contribution in [0.2, 0.25) is 0 Å². The number of benzene rings is 2. The van der Waals surface area contributed by atoms with Gasteiger partial charge in [0.2, 0.25) is 0 Å². The van der Waals surface area contributed by atoms with Gasteiger partial charge in [0.25, 0.3) is 5.56 Å². The van der Waals surface area contributed by atoms with Crippen molar-refractivity contribution in [3.8, 4) is 0 Å². The van der Waals surface area contributed by atoms with Crippen molar-refractivity contribution in [3.63, 3.8) is 0 Å². The molecular formula is C22H18FN3O2S. The zero-order valence-electron chi connectivity index (χ0n) is 15.9. The summed E-state index contributed by atoms with van der Waals surface area (Å²) in [5.74, 6) is -0.528. The predicted molar refractivity (Wildman–Crippen MR) is 112 cm³/mol. The number of carbonyl (C=O) groups is 1. The van der Waals surface area contributed by atoms with E-state index in [1.165, 1.54) is 36.0 Å². The van der Waals surface area contributed by atoms with Crippen LogP contribution in [0.3, 0.4) is 0 Å². The van der Waals surface area contributed by atoms with Crippen LogP contribution < -0.4 is 5.56 Å². The number of nitrogens with one attached hydrogen (secondary N) is 1. The monoisotopic (exact) mass is 407 g/mol. The first-order chi connectivity index (χ1) is 14.0. The highest BCUT2D eigenvalue weighted by Gasteiger charge is 2.13. The number of aromatic amines is 1. The molecule has 5 nitrogen and oxygen atoms in total. The number of thioether (sulfide) groups is 1. The molecule has 0 bridgehead atoms. The minimum atomic E-state index is -0.372. The van der Waals surface area contributed by atoms with Crippen LogP contribution >= 0.6 is 11.8 Å². The van der Waals surface area contributed by atoms with Crippen LogP contribution in [-0.2, 0) is 6.54 Å². The molecule has 0 saturated heterocycles. The summed E-state index contributed by atoms with van der Waals surface area (Å²) in [7, 11) is 0. The van der Waals surface area contributed by atoms with Crippen LogP contribution in [0.15, 0.2) is 64.7 Å². The van der Waals surface area contributed by atoms with Crippen molar-refractivity contribution in [1.82, 2.24) is 14.5 Å². The SMILES string of the molecule is CSc1nc2c(c(C)cn2Cc2ccc(C(=O)c3ccc(F)cc3)cc2)c(=O)[nH]1. The van der Waals surface area contributed by atoms with E-state index in [1.807, 2.05) is 36.1 Å². The molecule has 7 heteroatoms. The van der Waals surface area contributed by atoms with Crippen LogP contribution in [0, 0.1) is 12.7 Å². The lowest BCUT2D eigenvalue weighted by Crippen LogP contribution is -2.10. The third kappa shape index (κ3) is 3.73. The van der Waals surface area contributed by atoms with E-state index in [4.69, 9.17) is 0 Å². The molecule has 0 unspecified atom stereocenters. The number of halogens is 1. The first kappa shape index (κ1) is 19.1. The average molecular weight is 407 g/mol. The summed E-state index contributed by atoms with van der Waals surface area (Å²) in [6, 6.07) is 12.8. The van der Waals surface area contributed by atoms with E-state index in [0.29, 0.717) is 33.9 Å². The second kappa shape index (κ2) is 7.67. The molecule has 0 spiro atoms. The molecule has 0 atom stereocenters. The fourth-order valence-electron chi connectivity index (χ4n) is 3.31. The van der Waals surface area contributed by atoms with Crippen molar-refractivity contribution in [3.05, 3.63) is 93.2 Å². The number of hydrogen-bond acceptors (Lipinski definition) is 4. The van der Waals surface area contributed by atoms with Crippen LogP contribution in [-0.4, -0.2) is 26.6 Å². The Hall–Kier alpha value is -3.19. The molecule has 0 amide bonds. The second-order valence-corrected chi connectivity index (χ2v) is 7.54. The Balaban J connectivity index is 1.62. The Morgan fingerprint density at radius 3 is 2.34 bits per heavy atom. The Morgan fingerprint density at radius 1 is 1.10 bits per heavy atom. The highest BCUT2D eigenvalue weighted by Crippen LogP contribution is 2.20. The highest BCUT2D eigenvalue weighted by atomic mass is 32.2. The zero-order chi connectivity index (χ0) is 20.5. The molecule has 1 N–H and O–H groups in total. The molecular weight excluding hydrogens is 389 g/mol. The van der Waals surface area contributed by atoms with Crippen LogP contribution in [0.5, 0.6) is 0 Å². The molecule has 0 aliphatic carbocycles. The van der Waals surface area contributed by atoms with E-state index >= 15 is 0 Å². The molecule has 29 heavy (non-hydrogen) atoms. The van der Waals surface area contributed by atoms with E-state index < -0.39 is 0 Å². The number of H-pyrrole nitrogens is 1. The molecule has 146 valence electrons. The van der Waals surface area contributed by atoms with Crippen molar-refractivity contribution in [2.75, 3.05) is 6.26 Å². The summed E-state index contributed by atoms with van der Waals surface area (Å²) in [5.41, 5.74) is 3.32. The van der Waals surface area contributed by atoms with Crippen molar-refractivity contribution in [1.29, 1.82) is 0 Å². The Morgan fingerprint density at radius 2 is 1.72 bits per heavy atom. The standard InChI is InChI=1S/C22H18FN3O2S/c1-13-11-26(20-18(13)21(28)25-22(24-20)29-2)12-14-3-5-15(6-4-14)19(27)16-7-9-17(23)10-8-16/h3-11H,12H2,1-2H3,(H,24,25,28). The number of nitrogens with zero attached hydrogens (tertiary/aromatic N) is 2. The first-order valence-electron chi connectivity index (χ1n) is 8.99. The number of aromatic nitrogens is 3. The maximum atomic E-state index is 13.1. The Kier molecular flexibility index (Phi) is 5.07. The zero-order valence-corrected chi connectivity index (χ0v) is 16.7. The van der Waals surface area contributed by atoms with Gasteiger partial charge in [-0.15, -0.1) is 0 Å². The van der Waals surface area contributed by atoms with E-state index in [2.05, 4.69) is 9.97 Å². The number of fused-ring (bicyclic) bond motifs is 1. The topological polar surface area (TPSA) is 67.8 Å². The summed E-state index contributed by atoms with van der Waals surface area (Å²) >= 11 is 1.39. The summed E-state index contributed by atoms with van der Waals surface area (Å²) in [5, 5.41) is 1.16. The van der Waals surface area contributed by atoms with Gasteiger partial charge in [-0.2, -0.15) is 0 Å². The van der Waals surface area contributed by atoms with Crippen molar-refractivity contribution in [2.24, 2.45) is 0 Å². The molecule has 2 heterocycles. The van der Waals surface area contributed by atoms with Gasteiger partial charge in [-0.3, -0.25) is 9.59 Å². The van der Waals surface area contributed by atoms with Gasteiger partial charge in [0.05, 0.1) is 5.39 Å². The molecule has 2 aromatic heterocycles. The summed E-state index contributed by atoms with van der Waals surface area (Å²) in [4.78, 5) is 32.2. The lowest BCUT2D eigenvalue weighted by atomic mass is 10.0. The van der Waals surface area contributed by atoms with E-state index in [-0.39, 0.29) is 17.2 Å². The fourth-order valence-corrected chi connectivity index (χ4v) is 3.68. The maximum Gasteiger partial charge on any atom is 0.261 e. The Bertz CT molecular complexity index is 1260. The number of aryl methyl sites for hydroxylation is 1. The van der Waals surface area contributed by atoms with E-state index in [1.54, 1.807) is 12.1 Å². The minimum Gasteiger partial charge on any atom is -0.328 e. The van der Waals surface area contributed by atoms with Gasteiger partial charge >= 0.3 is 0 Å². The summed E-state index contributed by atoms with van der Waals surface area (Å²) in [6.07, 6.45) is 3.77. The first-order valence-corrected chi connectivity index (χ1v) is 10.2. The highest BCUT2D eigenvalue weighted by molar-refractivity contribution is 7.98. The smallest absolute Gasteiger partial charge is 0.261 e. The second-order valence-electron chi connectivity index (χ2n) is 6.75. The lowest BCUT2D eigenvalue weighted by Gasteiger charge is -2.07. The van der Waals surface area contributed by atoms with Crippen LogP contribution in [0.1, 0.15) is 27.0 Å². The molecule has 4 aromatic rings. The van der Waals surface area contributed by atoms with Gasteiger partial charge in [-0.1, -0.05) is 36.0 Å². The van der Waals surface area contributed by atoms with Gasteiger partial charge < -0.3 is 9.55 Å². The van der Waals surface area contributed by atoms with E-state index in [0.717, 1.165) is 11.1 Å². The number of ketones is 1. The quantitative estimate of drug-likeness (QED) is 0.306. The molecule has 0 aliphatic rings. The van der Waals surface area contributed by atoms with Gasteiger partial charge in [-0.25, -0.2) is 9.37 Å². The third-order valence-electron chi connectivity index (χ3n) is 4.76.